The number of urea groups is 1. The van der Waals surface area contributed by atoms with Crippen molar-refractivity contribution < 1.29 is 34.9 Å². The van der Waals surface area contributed by atoms with Crippen LogP contribution in [0, 0.1) is 22.0 Å². The van der Waals surface area contributed by atoms with Gasteiger partial charge in [0.15, 0.2) is 12.6 Å². The molecule has 14 nitrogen and oxygen atoms in total. The minimum absolute atomic E-state index is 0.126. The topological polar surface area (TPSA) is 209 Å². The molecule has 0 saturated carbocycles. The van der Waals surface area contributed by atoms with Crippen LogP contribution in [0.4, 0.5) is 22.0 Å². The van der Waals surface area contributed by atoms with E-state index in [2.05, 4.69) is 15.6 Å². The van der Waals surface area contributed by atoms with Gasteiger partial charge in [-0.1, -0.05) is 0 Å². The molecule has 14 heteroatoms. The summed E-state index contributed by atoms with van der Waals surface area (Å²) in [5.74, 6) is -2.37. The number of aliphatic hydroxyl groups excluding tert-OH is 2. The summed E-state index contributed by atoms with van der Waals surface area (Å²) in [6, 6.07) is 5.56. The molecular formula is C17H19N5O9. The Kier molecular flexibility index (Phi) is 6.57. The highest BCUT2D eigenvalue weighted by atomic mass is 16.6. The van der Waals surface area contributed by atoms with Gasteiger partial charge < -0.3 is 30.5 Å². The summed E-state index contributed by atoms with van der Waals surface area (Å²) in [4.78, 5) is 38.2. The Balaban J connectivity index is 1.70. The molecule has 2 amide bonds. The molecule has 3 rings (SSSR count). The fourth-order valence-electron chi connectivity index (χ4n) is 3.18. The number of aliphatic hydroxyl groups is 4. The average molecular weight is 437 g/mol. The lowest BCUT2D eigenvalue weighted by atomic mass is 9.92. The number of nitrogens with one attached hydrogen (secondary N) is 2. The average Bonchev–Trinajstić information content (AvgIpc) is 3.14. The molecule has 3 atom stereocenters. The number of aromatic nitrogens is 2. The van der Waals surface area contributed by atoms with E-state index in [0.717, 1.165) is 4.57 Å². The normalized spacial score (nSPS) is 20.8. The van der Waals surface area contributed by atoms with Gasteiger partial charge in [-0.2, -0.15) is 4.98 Å². The van der Waals surface area contributed by atoms with Gasteiger partial charge in [-0.25, -0.2) is 9.59 Å². The first-order valence-corrected chi connectivity index (χ1v) is 8.93. The van der Waals surface area contributed by atoms with Crippen molar-refractivity contribution in [2.24, 2.45) is 11.8 Å². The van der Waals surface area contributed by atoms with Gasteiger partial charge in [-0.15, -0.1) is 0 Å². The number of hydrogen-bond acceptors (Lipinski definition) is 10. The molecule has 6 N–H and O–H groups in total. The maximum atomic E-state index is 12.4. The standard InChI is InChI=1S/C17H19N5O9/c23-14(24)10-7-31-13(12(10)15(25)26)21-6-5-11(20-17(21)28)19-16(27)18-8-1-3-9(4-2-8)22(29)30/h1-6,10,12-15,23-26H,7H2,(H2,18,19,20,27,28). The quantitative estimate of drug-likeness (QED) is 0.188. The van der Waals surface area contributed by atoms with E-state index in [0.29, 0.717) is 0 Å². The first-order valence-electron chi connectivity index (χ1n) is 8.93. The first-order chi connectivity index (χ1) is 14.7. The largest absolute Gasteiger partial charge is 0.368 e. The lowest BCUT2D eigenvalue weighted by Gasteiger charge is -2.26. The summed E-state index contributed by atoms with van der Waals surface area (Å²) >= 11 is 0. The number of non-ortho nitro benzene ring substituents is 1. The van der Waals surface area contributed by atoms with E-state index in [9.17, 15) is 40.1 Å². The zero-order valence-electron chi connectivity index (χ0n) is 15.7. The van der Waals surface area contributed by atoms with Crippen molar-refractivity contribution in [3.05, 3.63) is 57.1 Å². The Morgan fingerprint density at radius 3 is 2.39 bits per heavy atom. The summed E-state index contributed by atoms with van der Waals surface area (Å²) in [6.45, 7) is -0.227. The maximum Gasteiger partial charge on any atom is 0.351 e. The molecule has 0 radical (unpaired) electrons. The summed E-state index contributed by atoms with van der Waals surface area (Å²) in [5, 5.41) is 53.3. The summed E-state index contributed by atoms with van der Waals surface area (Å²) in [5.41, 5.74) is -0.770. The van der Waals surface area contributed by atoms with E-state index in [1.807, 2.05) is 0 Å². The molecule has 1 aliphatic rings. The lowest BCUT2D eigenvalue weighted by Crippen LogP contribution is -2.39. The van der Waals surface area contributed by atoms with Crippen LogP contribution in [0.5, 0.6) is 0 Å². The van der Waals surface area contributed by atoms with Crippen LogP contribution < -0.4 is 16.3 Å². The zero-order valence-corrected chi connectivity index (χ0v) is 15.7. The third-order valence-corrected chi connectivity index (χ3v) is 4.69. The molecule has 0 spiro atoms. The number of hydrogen-bond donors (Lipinski definition) is 6. The minimum atomic E-state index is -1.99. The van der Waals surface area contributed by atoms with E-state index >= 15 is 0 Å². The van der Waals surface area contributed by atoms with Crippen LogP contribution in [0.3, 0.4) is 0 Å². The van der Waals surface area contributed by atoms with Crippen molar-refractivity contribution in [2.75, 3.05) is 17.2 Å². The van der Waals surface area contributed by atoms with Gasteiger partial charge in [0.25, 0.3) is 5.69 Å². The summed E-state index contributed by atoms with van der Waals surface area (Å²) < 4.78 is 6.27. The Morgan fingerprint density at radius 1 is 1.16 bits per heavy atom. The number of nitrogens with zero attached hydrogens (tertiary/aromatic N) is 3. The molecule has 2 heterocycles. The first kappa shape index (κ1) is 22.3. The highest BCUT2D eigenvalue weighted by Crippen LogP contribution is 2.37. The Bertz CT molecular complexity index is 1010. The number of carbonyl (C=O) groups is 1. The molecular weight excluding hydrogens is 418 g/mol. The lowest BCUT2D eigenvalue weighted by molar-refractivity contribution is -0.384. The van der Waals surface area contributed by atoms with Crippen molar-refractivity contribution in [3.63, 3.8) is 0 Å². The minimum Gasteiger partial charge on any atom is -0.368 e. The number of amides is 2. The second-order valence-corrected chi connectivity index (χ2v) is 6.68. The van der Waals surface area contributed by atoms with Crippen LogP contribution in [-0.4, -0.2) is 60.1 Å². The molecule has 166 valence electrons. The predicted octanol–water partition coefficient (Wildman–Crippen LogP) is -0.822. The number of rotatable bonds is 6. The fraction of sp³-hybridized carbons (Fsp3) is 0.353. The van der Waals surface area contributed by atoms with Gasteiger partial charge in [0.05, 0.1) is 17.4 Å². The van der Waals surface area contributed by atoms with E-state index in [-0.39, 0.29) is 23.8 Å². The van der Waals surface area contributed by atoms with E-state index < -0.39 is 47.3 Å². The van der Waals surface area contributed by atoms with Gasteiger partial charge in [0.2, 0.25) is 0 Å². The molecule has 1 aliphatic heterocycles. The van der Waals surface area contributed by atoms with Crippen LogP contribution in [0.1, 0.15) is 6.23 Å². The highest BCUT2D eigenvalue weighted by molar-refractivity contribution is 5.99. The number of ether oxygens (including phenoxy) is 1. The third-order valence-electron chi connectivity index (χ3n) is 4.69. The van der Waals surface area contributed by atoms with Crippen LogP contribution in [0.25, 0.3) is 0 Å². The number of carbonyl (C=O) groups excluding carboxylic acids is 1. The number of nitro groups is 1. The zero-order chi connectivity index (χ0) is 22.7. The van der Waals surface area contributed by atoms with Gasteiger partial charge in [0.1, 0.15) is 12.0 Å². The van der Waals surface area contributed by atoms with Gasteiger partial charge in [-0.05, 0) is 18.2 Å². The summed E-state index contributed by atoms with van der Waals surface area (Å²) in [6.07, 6.45) is -3.89. The van der Waals surface area contributed by atoms with E-state index in [4.69, 9.17) is 4.74 Å². The van der Waals surface area contributed by atoms with Crippen LogP contribution in [-0.2, 0) is 4.74 Å². The van der Waals surface area contributed by atoms with Crippen molar-refractivity contribution in [2.45, 2.75) is 18.8 Å². The van der Waals surface area contributed by atoms with Crippen molar-refractivity contribution in [3.8, 4) is 0 Å². The fourth-order valence-corrected chi connectivity index (χ4v) is 3.18. The number of anilines is 2. The highest BCUT2D eigenvalue weighted by Gasteiger charge is 2.45. The molecule has 0 bridgehead atoms. The SMILES string of the molecule is O=C(Nc1ccc([N+](=O)[O-])cc1)Nc1ccn(C2OCC(C(O)O)C2C(O)O)c(=O)n1. The molecule has 0 aliphatic carbocycles. The Hall–Kier alpha value is -3.43. The molecule has 1 aromatic carbocycles. The van der Waals surface area contributed by atoms with Crippen molar-refractivity contribution in [1.82, 2.24) is 9.55 Å². The van der Waals surface area contributed by atoms with Crippen LogP contribution in [0.15, 0.2) is 41.3 Å². The second kappa shape index (κ2) is 9.15. The molecule has 2 aromatic rings. The van der Waals surface area contributed by atoms with Crippen molar-refractivity contribution >= 4 is 23.2 Å². The number of benzene rings is 1. The monoisotopic (exact) mass is 437 g/mol. The number of nitro benzene ring substituents is 1. The smallest absolute Gasteiger partial charge is 0.351 e. The molecule has 1 saturated heterocycles. The molecule has 1 fully saturated rings. The van der Waals surface area contributed by atoms with E-state index in [1.54, 1.807) is 0 Å². The Morgan fingerprint density at radius 2 is 1.84 bits per heavy atom. The maximum absolute atomic E-state index is 12.4. The molecule has 31 heavy (non-hydrogen) atoms. The van der Waals surface area contributed by atoms with Crippen LogP contribution >= 0.6 is 0 Å². The van der Waals surface area contributed by atoms with Gasteiger partial charge in [-0.3, -0.25) is 20.0 Å². The molecule has 1 aromatic heterocycles. The second-order valence-electron chi connectivity index (χ2n) is 6.68. The van der Waals surface area contributed by atoms with Gasteiger partial charge in [0, 0.05) is 29.9 Å². The van der Waals surface area contributed by atoms with Crippen molar-refractivity contribution in [1.29, 1.82) is 0 Å². The van der Waals surface area contributed by atoms with E-state index in [1.165, 1.54) is 36.5 Å². The molecule has 3 unspecified atom stereocenters. The summed E-state index contributed by atoms with van der Waals surface area (Å²) in [7, 11) is 0. The van der Waals surface area contributed by atoms with Crippen LogP contribution in [0.2, 0.25) is 0 Å². The van der Waals surface area contributed by atoms with Gasteiger partial charge >= 0.3 is 11.7 Å². The predicted molar refractivity (Wildman–Crippen MR) is 103 cm³/mol. The third kappa shape index (κ3) is 5.01. The Labute approximate surface area is 173 Å².